The van der Waals surface area contributed by atoms with Crippen molar-refractivity contribution in [2.24, 2.45) is 9.98 Å². The minimum atomic E-state index is -4.51. The maximum atomic E-state index is 13.8. The molecule has 2 heterocycles. The average molecular weight is 347 g/mol. The molecule has 0 bridgehead atoms. The van der Waals surface area contributed by atoms with E-state index in [1.54, 1.807) is 18.2 Å². The predicted octanol–water partition coefficient (Wildman–Crippen LogP) is 2.19. The molecule has 0 spiro atoms. The van der Waals surface area contributed by atoms with Gasteiger partial charge in [-0.15, -0.1) is 0 Å². The summed E-state index contributed by atoms with van der Waals surface area (Å²) in [7, 11) is 0. The van der Waals surface area contributed by atoms with Crippen LogP contribution in [-0.2, 0) is 11.3 Å². The van der Waals surface area contributed by atoms with E-state index in [2.05, 4.69) is 20.0 Å². The van der Waals surface area contributed by atoms with Crippen LogP contribution in [0.3, 0.4) is 0 Å². The minimum absolute atomic E-state index is 0.141. The molecule has 24 heavy (non-hydrogen) atoms. The van der Waals surface area contributed by atoms with E-state index < -0.39 is 31.1 Å². The molecule has 2 aliphatic rings. The number of nitrogens with zero attached hydrogens (tertiary/aromatic N) is 2. The Bertz CT molecular complexity index is 663. The lowest BCUT2D eigenvalue weighted by atomic mass is 10.2. The topological polar surface area (TPSA) is 64.4 Å². The Balaban J connectivity index is 1.59. The van der Waals surface area contributed by atoms with E-state index in [1.807, 2.05) is 0 Å². The molecule has 0 amide bonds. The monoisotopic (exact) mass is 347 g/mol. The van der Waals surface area contributed by atoms with E-state index in [1.165, 1.54) is 0 Å². The number of ether oxygens (including phenoxy) is 3. The lowest BCUT2D eigenvalue weighted by molar-refractivity contribution is -0.156. The molecule has 2 aliphatic heterocycles. The highest BCUT2D eigenvalue weighted by atomic mass is 19.4. The zero-order valence-corrected chi connectivity index (χ0v) is 12.2. The summed E-state index contributed by atoms with van der Waals surface area (Å²) < 4.78 is 65.0. The third-order valence-electron chi connectivity index (χ3n) is 3.20. The van der Waals surface area contributed by atoms with Crippen LogP contribution in [0, 0.1) is 0 Å². The summed E-state index contributed by atoms with van der Waals surface area (Å²) in [6.07, 6.45) is -6.32. The number of amidine groups is 1. The Morgan fingerprint density at radius 1 is 1.25 bits per heavy atom. The Labute approximate surface area is 134 Å². The van der Waals surface area contributed by atoms with Crippen LogP contribution in [0.4, 0.5) is 17.6 Å². The second kappa shape index (κ2) is 6.63. The largest absolute Gasteiger partial charge is 0.454 e. The highest BCUT2D eigenvalue weighted by Gasteiger charge is 2.30. The van der Waals surface area contributed by atoms with Crippen LogP contribution >= 0.6 is 0 Å². The quantitative estimate of drug-likeness (QED) is 0.848. The number of fused-ring (bicyclic) bond motifs is 1. The Kier molecular flexibility index (Phi) is 4.56. The Morgan fingerprint density at radius 2 is 2.04 bits per heavy atom. The van der Waals surface area contributed by atoms with Crippen LogP contribution in [0.1, 0.15) is 5.56 Å². The molecule has 0 fully saturated rings. The molecular weight excluding hydrogens is 334 g/mol. The normalized spacial score (nSPS) is 22.4. The molecule has 2 atom stereocenters. The van der Waals surface area contributed by atoms with E-state index >= 15 is 0 Å². The summed E-state index contributed by atoms with van der Waals surface area (Å²) in [5.74, 6) is 1.20. The van der Waals surface area contributed by atoms with Crippen LogP contribution in [0.25, 0.3) is 0 Å². The minimum Gasteiger partial charge on any atom is -0.454 e. The first kappa shape index (κ1) is 16.5. The van der Waals surface area contributed by atoms with Gasteiger partial charge in [-0.25, -0.2) is 14.4 Å². The number of benzene rings is 1. The molecule has 6 nitrogen and oxygen atoms in total. The standard InChI is InChI=1S/C14H13F4N3O3/c15-9-5-20-13(22-6-14(16,17)18)21-12(9)19-4-8-1-2-10-11(3-8)24-7-23-10/h1-3,5,9,12,19H,4,6-7H2. The van der Waals surface area contributed by atoms with Gasteiger partial charge in [-0.05, 0) is 17.7 Å². The number of rotatable bonds is 4. The van der Waals surface area contributed by atoms with Gasteiger partial charge in [0.1, 0.15) is 6.17 Å². The summed E-state index contributed by atoms with van der Waals surface area (Å²) in [5.41, 5.74) is 0.780. The van der Waals surface area contributed by atoms with Crippen molar-refractivity contribution in [2.45, 2.75) is 25.1 Å². The van der Waals surface area contributed by atoms with Crippen molar-refractivity contribution >= 4 is 12.2 Å². The van der Waals surface area contributed by atoms with Crippen molar-refractivity contribution in [3.05, 3.63) is 23.8 Å². The van der Waals surface area contributed by atoms with E-state index in [4.69, 9.17) is 9.47 Å². The van der Waals surface area contributed by atoms with Gasteiger partial charge in [-0.1, -0.05) is 6.07 Å². The van der Waals surface area contributed by atoms with Gasteiger partial charge in [0, 0.05) is 12.8 Å². The number of halogens is 4. The third-order valence-corrected chi connectivity index (χ3v) is 3.20. The molecule has 0 saturated heterocycles. The van der Waals surface area contributed by atoms with Gasteiger partial charge in [0.25, 0.3) is 0 Å². The van der Waals surface area contributed by atoms with Crippen LogP contribution in [-0.4, -0.2) is 44.1 Å². The SMILES string of the molecule is FC1C=NC(OCC(F)(F)F)=NC1NCc1ccc2c(c1)OCO2. The Hall–Kier alpha value is -2.36. The number of nitrogens with one attached hydrogen (secondary N) is 1. The maximum Gasteiger partial charge on any atom is 0.422 e. The molecule has 1 aromatic rings. The highest BCUT2D eigenvalue weighted by Crippen LogP contribution is 2.32. The number of hydrogen-bond donors (Lipinski definition) is 1. The van der Waals surface area contributed by atoms with Crippen molar-refractivity contribution in [1.82, 2.24) is 5.32 Å². The van der Waals surface area contributed by atoms with Crippen molar-refractivity contribution in [1.29, 1.82) is 0 Å². The Morgan fingerprint density at radius 3 is 2.83 bits per heavy atom. The van der Waals surface area contributed by atoms with Crippen LogP contribution in [0.15, 0.2) is 28.2 Å². The first-order valence-electron chi connectivity index (χ1n) is 6.98. The highest BCUT2D eigenvalue weighted by molar-refractivity contribution is 5.87. The molecule has 3 rings (SSSR count). The molecule has 0 aromatic heterocycles. The maximum absolute atomic E-state index is 13.8. The molecular formula is C14H13F4N3O3. The number of hydrogen-bond acceptors (Lipinski definition) is 6. The van der Waals surface area contributed by atoms with Crippen molar-refractivity contribution in [2.75, 3.05) is 13.4 Å². The number of aliphatic imine (C=N–C) groups is 2. The van der Waals surface area contributed by atoms with E-state index in [0.29, 0.717) is 11.5 Å². The fraction of sp³-hybridized carbons (Fsp3) is 0.429. The lowest BCUT2D eigenvalue weighted by Gasteiger charge is -2.20. The van der Waals surface area contributed by atoms with E-state index in [9.17, 15) is 17.6 Å². The van der Waals surface area contributed by atoms with Gasteiger partial charge in [-0.2, -0.15) is 13.2 Å². The second-order valence-electron chi connectivity index (χ2n) is 5.05. The van der Waals surface area contributed by atoms with Crippen molar-refractivity contribution < 1.29 is 31.8 Å². The van der Waals surface area contributed by atoms with Gasteiger partial charge in [-0.3, -0.25) is 5.32 Å². The summed E-state index contributed by atoms with van der Waals surface area (Å²) in [5, 5.41) is 2.79. The fourth-order valence-electron chi connectivity index (χ4n) is 2.09. The van der Waals surface area contributed by atoms with E-state index in [-0.39, 0.29) is 13.3 Å². The molecule has 0 aliphatic carbocycles. The molecule has 130 valence electrons. The van der Waals surface area contributed by atoms with Crippen molar-refractivity contribution in [3.63, 3.8) is 0 Å². The molecule has 1 aromatic carbocycles. The first-order chi connectivity index (χ1) is 11.4. The smallest absolute Gasteiger partial charge is 0.422 e. The lowest BCUT2D eigenvalue weighted by Crippen LogP contribution is -2.40. The van der Waals surface area contributed by atoms with Crippen LogP contribution in [0.5, 0.6) is 11.5 Å². The summed E-state index contributed by atoms with van der Waals surface area (Å²) in [4.78, 5) is 7.13. The van der Waals surface area contributed by atoms with Crippen LogP contribution in [0.2, 0.25) is 0 Å². The molecule has 10 heteroatoms. The molecule has 0 saturated carbocycles. The molecule has 0 radical (unpaired) electrons. The second-order valence-corrected chi connectivity index (χ2v) is 5.05. The van der Waals surface area contributed by atoms with Gasteiger partial charge < -0.3 is 14.2 Å². The molecule has 1 N–H and O–H groups in total. The fourth-order valence-corrected chi connectivity index (χ4v) is 2.09. The van der Waals surface area contributed by atoms with Gasteiger partial charge >= 0.3 is 12.2 Å². The predicted molar refractivity (Wildman–Crippen MR) is 76.0 cm³/mol. The van der Waals surface area contributed by atoms with Crippen LogP contribution < -0.4 is 14.8 Å². The van der Waals surface area contributed by atoms with E-state index in [0.717, 1.165) is 11.8 Å². The zero-order valence-electron chi connectivity index (χ0n) is 12.2. The first-order valence-corrected chi connectivity index (χ1v) is 6.98. The third kappa shape index (κ3) is 4.13. The zero-order chi connectivity index (χ0) is 17.2. The van der Waals surface area contributed by atoms with Gasteiger partial charge in [0.2, 0.25) is 6.79 Å². The average Bonchev–Trinajstić information content (AvgIpc) is 2.99. The summed E-state index contributed by atoms with van der Waals surface area (Å²) in [6, 6.07) is 4.69. The number of alkyl halides is 4. The van der Waals surface area contributed by atoms with Gasteiger partial charge in [0.15, 0.2) is 24.3 Å². The summed E-state index contributed by atoms with van der Waals surface area (Å²) >= 11 is 0. The summed E-state index contributed by atoms with van der Waals surface area (Å²) in [6.45, 7) is -1.16. The molecule has 2 unspecified atom stereocenters. The van der Waals surface area contributed by atoms with Crippen molar-refractivity contribution in [3.8, 4) is 11.5 Å². The van der Waals surface area contributed by atoms with Gasteiger partial charge in [0.05, 0.1) is 0 Å².